The second-order valence-electron chi connectivity index (χ2n) is 8.73. The zero-order chi connectivity index (χ0) is 25.4. The Morgan fingerprint density at radius 3 is 2.58 bits per heavy atom. The van der Waals surface area contributed by atoms with Crippen molar-refractivity contribution in [3.05, 3.63) is 60.7 Å². The minimum Gasteiger partial charge on any atom is -0.436 e. The van der Waals surface area contributed by atoms with Crippen LogP contribution in [0.4, 0.5) is 5.69 Å². The number of hydrogen-bond acceptors (Lipinski definition) is 9. The molecule has 1 amide bonds. The summed E-state index contributed by atoms with van der Waals surface area (Å²) >= 11 is 0. The third-order valence-corrected chi connectivity index (χ3v) is 6.21. The standard InChI is InChI=1S/C26H26N2O8/c1-13(34-26-23(32)22(31)21(30)20(12-29)36-26)24(33)27-17-8-9-19-18(11-17)28-25(35-19)16-7-6-14-4-2-3-5-15(14)10-16/h2-11,13,20-23,26,29-32H,12H2,1H3,(H,27,33)/t13?,20-,21+,22+,23-,26-/m1/s1. The highest BCUT2D eigenvalue weighted by Gasteiger charge is 2.45. The van der Waals surface area contributed by atoms with E-state index in [1.54, 1.807) is 18.2 Å². The summed E-state index contributed by atoms with van der Waals surface area (Å²) in [5, 5.41) is 44.1. The molecule has 1 fully saturated rings. The number of anilines is 1. The lowest BCUT2D eigenvalue weighted by molar-refractivity contribution is -0.307. The van der Waals surface area contributed by atoms with E-state index in [1.807, 2.05) is 42.5 Å². The van der Waals surface area contributed by atoms with Crippen LogP contribution >= 0.6 is 0 Å². The van der Waals surface area contributed by atoms with Crippen molar-refractivity contribution in [3.63, 3.8) is 0 Å². The maximum Gasteiger partial charge on any atom is 0.253 e. The molecule has 36 heavy (non-hydrogen) atoms. The molecule has 1 unspecified atom stereocenters. The highest BCUT2D eigenvalue weighted by atomic mass is 16.7. The van der Waals surface area contributed by atoms with Crippen LogP contribution in [0.2, 0.25) is 0 Å². The first-order valence-corrected chi connectivity index (χ1v) is 11.5. The minimum atomic E-state index is -1.60. The Hall–Kier alpha value is -3.38. The van der Waals surface area contributed by atoms with E-state index in [0.717, 1.165) is 16.3 Å². The number of amides is 1. The van der Waals surface area contributed by atoms with Gasteiger partial charge in [0.2, 0.25) is 5.89 Å². The van der Waals surface area contributed by atoms with Crippen LogP contribution in [-0.4, -0.2) is 74.7 Å². The molecule has 0 bridgehead atoms. The van der Waals surface area contributed by atoms with Gasteiger partial charge < -0.3 is 39.6 Å². The lowest BCUT2D eigenvalue weighted by Gasteiger charge is -2.40. The molecular formula is C26H26N2O8. The quantitative estimate of drug-likeness (QED) is 0.270. The molecule has 6 atom stereocenters. The van der Waals surface area contributed by atoms with E-state index in [4.69, 9.17) is 13.9 Å². The zero-order valence-electron chi connectivity index (χ0n) is 19.3. The average Bonchev–Trinajstić information content (AvgIpc) is 3.32. The number of ether oxygens (including phenoxy) is 2. The third kappa shape index (κ3) is 4.70. The Bertz CT molecular complexity index is 1390. The van der Waals surface area contributed by atoms with Crippen molar-refractivity contribution in [1.29, 1.82) is 0 Å². The molecule has 0 aliphatic carbocycles. The zero-order valence-corrected chi connectivity index (χ0v) is 19.3. The van der Waals surface area contributed by atoms with Gasteiger partial charge in [0.25, 0.3) is 5.91 Å². The van der Waals surface area contributed by atoms with E-state index >= 15 is 0 Å². The van der Waals surface area contributed by atoms with Crippen LogP contribution in [-0.2, 0) is 14.3 Å². The molecule has 2 heterocycles. The number of rotatable bonds is 6. The number of carbonyl (C=O) groups is 1. The molecule has 0 radical (unpaired) electrons. The molecular weight excluding hydrogens is 468 g/mol. The van der Waals surface area contributed by atoms with Crippen molar-refractivity contribution >= 4 is 33.5 Å². The number of fused-ring (bicyclic) bond motifs is 2. The predicted molar refractivity (Wildman–Crippen MR) is 130 cm³/mol. The molecule has 5 N–H and O–H groups in total. The number of oxazole rings is 1. The second kappa shape index (κ2) is 9.94. The van der Waals surface area contributed by atoms with Crippen LogP contribution in [0, 0.1) is 0 Å². The Morgan fingerprint density at radius 1 is 1.03 bits per heavy atom. The summed E-state index contributed by atoms with van der Waals surface area (Å²) in [6.07, 6.45) is -8.34. The maximum absolute atomic E-state index is 12.7. The van der Waals surface area contributed by atoms with Gasteiger partial charge in [-0.25, -0.2) is 4.98 Å². The van der Waals surface area contributed by atoms with Gasteiger partial charge in [0.05, 0.1) is 6.61 Å². The topological polar surface area (TPSA) is 155 Å². The SMILES string of the molecule is CC(O[C@@H]1O[C@H](CO)[C@H](O)[C@H](O)[C@H]1O)C(=O)Nc1ccc2oc(-c3ccc4ccccc4c3)nc2c1. The second-order valence-corrected chi connectivity index (χ2v) is 8.73. The van der Waals surface area contributed by atoms with Crippen molar-refractivity contribution < 1.29 is 39.1 Å². The van der Waals surface area contributed by atoms with Crippen molar-refractivity contribution in [2.45, 2.75) is 43.7 Å². The van der Waals surface area contributed by atoms with E-state index in [9.17, 15) is 25.2 Å². The van der Waals surface area contributed by atoms with Gasteiger partial charge in [-0.05, 0) is 48.0 Å². The van der Waals surface area contributed by atoms with Gasteiger partial charge in [0.1, 0.15) is 36.0 Å². The van der Waals surface area contributed by atoms with Gasteiger partial charge >= 0.3 is 0 Å². The summed E-state index contributed by atoms with van der Waals surface area (Å²) in [5.74, 6) is -0.0805. The molecule has 4 aromatic rings. The number of aromatic nitrogens is 1. The van der Waals surface area contributed by atoms with Gasteiger partial charge in [0, 0.05) is 11.3 Å². The fraction of sp³-hybridized carbons (Fsp3) is 0.308. The van der Waals surface area contributed by atoms with Crippen LogP contribution < -0.4 is 5.32 Å². The Balaban J connectivity index is 1.28. The van der Waals surface area contributed by atoms with Crippen LogP contribution in [0.25, 0.3) is 33.3 Å². The van der Waals surface area contributed by atoms with Gasteiger partial charge in [-0.1, -0.05) is 30.3 Å². The van der Waals surface area contributed by atoms with Crippen LogP contribution in [0.5, 0.6) is 0 Å². The number of carbonyl (C=O) groups excluding carboxylic acids is 1. The normalized spacial score (nSPS) is 25.2. The summed E-state index contributed by atoms with van der Waals surface area (Å²) in [7, 11) is 0. The molecule has 10 heteroatoms. The Labute approximate surface area is 205 Å². The maximum atomic E-state index is 12.7. The Kier molecular flexibility index (Phi) is 6.71. The van der Waals surface area contributed by atoms with Gasteiger partial charge in [-0.15, -0.1) is 0 Å². The lowest BCUT2D eigenvalue weighted by Crippen LogP contribution is -2.60. The Morgan fingerprint density at radius 2 is 1.81 bits per heavy atom. The van der Waals surface area contributed by atoms with E-state index in [2.05, 4.69) is 10.3 Å². The fourth-order valence-electron chi connectivity index (χ4n) is 4.14. The summed E-state index contributed by atoms with van der Waals surface area (Å²) < 4.78 is 16.7. The molecule has 10 nitrogen and oxygen atoms in total. The summed E-state index contributed by atoms with van der Waals surface area (Å²) in [5.41, 5.74) is 2.40. The number of benzene rings is 3. The molecule has 0 spiro atoms. The fourth-order valence-corrected chi connectivity index (χ4v) is 4.14. The minimum absolute atomic E-state index is 0.454. The largest absolute Gasteiger partial charge is 0.436 e. The molecule has 1 aromatic heterocycles. The number of aliphatic hydroxyl groups is 4. The molecule has 1 aliphatic rings. The van der Waals surface area contributed by atoms with Gasteiger partial charge in [-0.2, -0.15) is 0 Å². The average molecular weight is 495 g/mol. The first-order chi connectivity index (χ1) is 17.3. The van der Waals surface area contributed by atoms with Crippen LogP contribution in [0.15, 0.2) is 65.1 Å². The number of nitrogens with one attached hydrogen (secondary N) is 1. The van der Waals surface area contributed by atoms with Crippen molar-refractivity contribution in [3.8, 4) is 11.5 Å². The van der Waals surface area contributed by atoms with Crippen molar-refractivity contribution in [1.82, 2.24) is 4.98 Å². The molecule has 5 rings (SSSR count). The summed E-state index contributed by atoms with van der Waals surface area (Å²) in [4.78, 5) is 17.3. The molecule has 3 aromatic carbocycles. The smallest absolute Gasteiger partial charge is 0.253 e. The number of hydrogen-bond donors (Lipinski definition) is 5. The molecule has 188 valence electrons. The molecule has 1 aliphatic heterocycles. The van der Waals surface area contributed by atoms with Crippen molar-refractivity contribution in [2.75, 3.05) is 11.9 Å². The van der Waals surface area contributed by atoms with Crippen LogP contribution in [0.1, 0.15) is 6.92 Å². The monoisotopic (exact) mass is 494 g/mol. The molecule has 0 saturated carbocycles. The van der Waals surface area contributed by atoms with E-state index in [1.165, 1.54) is 6.92 Å². The van der Waals surface area contributed by atoms with E-state index in [-0.39, 0.29) is 0 Å². The first-order valence-electron chi connectivity index (χ1n) is 11.5. The lowest BCUT2D eigenvalue weighted by atomic mass is 9.99. The highest BCUT2D eigenvalue weighted by Crippen LogP contribution is 2.29. The first kappa shape index (κ1) is 24.3. The van der Waals surface area contributed by atoms with Gasteiger partial charge in [0.15, 0.2) is 11.9 Å². The summed E-state index contributed by atoms with van der Waals surface area (Å²) in [6, 6.07) is 19.0. The van der Waals surface area contributed by atoms with Gasteiger partial charge in [-0.3, -0.25) is 4.79 Å². The highest BCUT2D eigenvalue weighted by molar-refractivity contribution is 5.95. The number of aliphatic hydroxyl groups excluding tert-OH is 4. The van der Waals surface area contributed by atoms with E-state index < -0.39 is 49.3 Å². The van der Waals surface area contributed by atoms with E-state index in [0.29, 0.717) is 22.7 Å². The number of nitrogens with zero attached hydrogens (tertiary/aromatic N) is 1. The summed E-state index contributed by atoms with van der Waals surface area (Å²) in [6.45, 7) is 0.855. The third-order valence-electron chi connectivity index (χ3n) is 6.21. The predicted octanol–water partition coefficient (Wildman–Crippen LogP) is 1.79. The van der Waals surface area contributed by atoms with Crippen LogP contribution in [0.3, 0.4) is 0 Å². The molecule has 1 saturated heterocycles. The van der Waals surface area contributed by atoms with Crippen molar-refractivity contribution in [2.24, 2.45) is 0 Å².